The summed E-state index contributed by atoms with van der Waals surface area (Å²) >= 11 is 1.36. The number of carbonyl (C=O) groups is 1. The van der Waals surface area contributed by atoms with Crippen LogP contribution >= 0.6 is 11.8 Å². The van der Waals surface area contributed by atoms with E-state index in [1.165, 1.54) is 50.3 Å². The maximum atomic E-state index is 12.6. The number of nitrogen functional groups attached to an aromatic ring is 1. The van der Waals surface area contributed by atoms with E-state index in [2.05, 4.69) is 20.5 Å². The van der Waals surface area contributed by atoms with Gasteiger partial charge in [-0.25, -0.2) is 5.10 Å². The van der Waals surface area contributed by atoms with Gasteiger partial charge in [-0.05, 0) is 63.2 Å². The van der Waals surface area contributed by atoms with Gasteiger partial charge in [0.1, 0.15) is 0 Å². The summed E-state index contributed by atoms with van der Waals surface area (Å²) in [5, 5.41) is 10.3. The number of carbonyl (C=O) groups excluding carboxylic acids is 1. The van der Waals surface area contributed by atoms with Crippen LogP contribution < -0.4 is 11.1 Å². The molecule has 0 radical (unpaired) electrons. The first-order chi connectivity index (χ1) is 10.5. The fourth-order valence-electron chi connectivity index (χ4n) is 5.15. The molecule has 1 aromatic rings. The number of aromatic amines is 1. The molecule has 0 saturated heterocycles. The van der Waals surface area contributed by atoms with Crippen molar-refractivity contribution in [3.05, 3.63) is 0 Å². The number of H-pyrrole nitrogens is 1. The van der Waals surface area contributed by atoms with Gasteiger partial charge in [-0.2, -0.15) is 4.98 Å². The van der Waals surface area contributed by atoms with Gasteiger partial charge in [0, 0.05) is 5.54 Å². The second kappa shape index (κ2) is 5.15. The Labute approximate surface area is 134 Å². The second-order valence-corrected chi connectivity index (χ2v) is 8.76. The highest BCUT2D eigenvalue weighted by Crippen LogP contribution is 2.55. The molecule has 0 spiro atoms. The van der Waals surface area contributed by atoms with Crippen molar-refractivity contribution in [1.29, 1.82) is 0 Å². The van der Waals surface area contributed by atoms with Crippen LogP contribution in [0.5, 0.6) is 0 Å². The van der Waals surface area contributed by atoms with Crippen LogP contribution in [0.15, 0.2) is 5.16 Å². The van der Waals surface area contributed by atoms with Crippen molar-refractivity contribution in [2.45, 2.75) is 61.4 Å². The number of aromatic nitrogens is 3. The lowest BCUT2D eigenvalue weighted by Gasteiger charge is -2.57. The third-order valence-electron chi connectivity index (χ3n) is 5.56. The predicted octanol–water partition coefficient (Wildman–Crippen LogP) is 1.95. The highest BCUT2D eigenvalue weighted by molar-refractivity contribution is 8.00. The molecule has 4 aliphatic rings. The summed E-state index contributed by atoms with van der Waals surface area (Å²) in [5.41, 5.74) is 5.59. The van der Waals surface area contributed by atoms with E-state index in [1.807, 2.05) is 6.92 Å². The zero-order valence-electron chi connectivity index (χ0n) is 12.8. The normalized spacial score (nSPS) is 37.2. The van der Waals surface area contributed by atoms with Crippen LogP contribution in [0.1, 0.15) is 45.4 Å². The standard InChI is InChI=1S/C15H23N5OS/c1-8(22-14-17-13(16)19-20-14)12(21)18-15-5-9-2-10(6-15)4-11(3-9)7-15/h8-11H,2-7H2,1H3,(H,18,21)(H3,16,17,19,20)/t8-,9?,10?,11?,15?/m1/s1. The summed E-state index contributed by atoms with van der Waals surface area (Å²) < 4.78 is 0. The number of hydrogen-bond donors (Lipinski definition) is 3. The van der Waals surface area contributed by atoms with Crippen LogP contribution in [-0.4, -0.2) is 31.9 Å². The summed E-state index contributed by atoms with van der Waals surface area (Å²) in [6.07, 6.45) is 7.68. The smallest absolute Gasteiger partial charge is 0.233 e. The lowest BCUT2D eigenvalue weighted by Crippen LogP contribution is -2.60. The largest absolute Gasteiger partial charge is 0.368 e. The highest BCUT2D eigenvalue weighted by Gasteiger charge is 2.51. The zero-order valence-corrected chi connectivity index (χ0v) is 13.7. The predicted molar refractivity (Wildman–Crippen MR) is 85.2 cm³/mol. The molecule has 0 aromatic carbocycles. The fourth-order valence-corrected chi connectivity index (χ4v) is 5.88. The van der Waals surface area contributed by atoms with Gasteiger partial charge in [0.2, 0.25) is 17.0 Å². The molecule has 6 nitrogen and oxygen atoms in total. The van der Waals surface area contributed by atoms with Gasteiger partial charge >= 0.3 is 0 Å². The Kier molecular flexibility index (Phi) is 3.36. The fraction of sp³-hybridized carbons (Fsp3) is 0.800. The summed E-state index contributed by atoms with van der Waals surface area (Å²) in [6, 6.07) is 0. The first kappa shape index (κ1) is 14.4. The third-order valence-corrected chi connectivity index (χ3v) is 6.52. The molecule has 4 N–H and O–H groups in total. The van der Waals surface area contributed by atoms with Crippen molar-refractivity contribution in [2.24, 2.45) is 17.8 Å². The molecular weight excluding hydrogens is 298 g/mol. The lowest BCUT2D eigenvalue weighted by atomic mass is 9.53. The van der Waals surface area contributed by atoms with Crippen LogP contribution in [0.3, 0.4) is 0 Å². The third kappa shape index (κ3) is 2.59. The van der Waals surface area contributed by atoms with Crippen molar-refractivity contribution in [3.8, 4) is 0 Å². The van der Waals surface area contributed by atoms with Crippen LogP contribution in [0.4, 0.5) is 5.95 Å². The maximum Gasteiger partial charge on any atom is 0.233 e. The van der Waals surface area contributed by atoms with Gasteiger partial charge in [0.25, 0.3) is 0 Å². The van der Waals surface area contributed by atoms with Gasteiger partial charge in [-0.15, -0.1) is 5.10 Å². The molecule has 22 heavy (non-hydrogen) atoms. The van der Waals surface area contributed by atoms with Crippen LogP contribution in [0, 0.1) is 17.8 Å². The first-order valence-electron chi connectivity index (χ1n) is 8.18. The highest BCUT2D eigenvalue weighted by atomic mass is 32.2. The van der Waals surface area contributed by atoms with Crippen LogP contribution in [0.25, 0.3) is 0 Å². The molecule has 1 aromatic heterocycles. The number of nitrogens with two attached hydrogens (primary N) is 1. The van der Waals surface area contributed by atoms with E-state index in [4.69, 9.17) is 5.73 Å². The van der Waals surface area contributed by atoms with E-state index >= 15 is 0 Å². The summed E-state index contributed by atoms with van der Waals surface area (Å²) in [4.78, 5) is 16.7. The average molecular weight is 321 g/mol. The average Bonchev–Trinajstić information content (AvgIpc) is 2.81. The molecule has 0 unspecified atom stereocenters. The molecule has 0 aliphatic heterocycles. The Hall–Kier alpha value is -1.24. The molecule has 4 aliphatic carbocycles. The number of hydrogen-bond acceptors (Lipinski definition) is 5. The van der Waals surface area contributed by atoms with Crippen molar-refractivity contribution in [3.63, 3.8) is 0 Å². The quantitative estimate of drug-likeness (QED) is 0.737. The van der Waals surface area contributed by atoms with Gasteiger partial charge in [0.15, 0.2) is 0 Å². The number of thioether (sulfide) groups is 1. The van der Waals surface area contributed by atoms with Gasteiger partial charge in [0.05, 0.1) is 5.25 Å². The monoisotopic (exact) mass is 321 g/mol. The molecule has 5 rings (SSSR count). The van der Waals surface area contributed by atoms with E-state index in [0.717, 1.165) is 17.8 Å². The van der Waals surface area contributed by atoms with Crippen molar-refractivity contribution in [1.82, 2.24) is 20.5 Å². The maximum absolute atomic E-state index is 12.6. The number of nitrogens with one attached hydrogen (secondary N) is 2. The number of rotatable bonds is 4. The lowest BCUT2D eigenvalue weighted by molar-refractivity contribution is -0.126. The Morgan fingerprint density at radius 2 is 1.91 bits per heavy atom. The van der Waals surface area contributed by atoms with Crippen molar-refractivity contribution < 1.29 is 4.79 Å². The minimum atomic E-state index is -0.205. The molecule has 7 heteroatoms. The second-order valence-electron chi connectivity index (χ2n) is 7.45. The van der Waals surface area contributed by atoms with E-state index in [0.29, 0.717) is 5.16 Å². The number of anilines is 1. The molecule has 1 atom stereocenters. The molecule has 120 valence electrons. The Bertz CT molecular complexity index is 551. The first-order valence-corrected chi connectivity index (χ1v) is 9.06. The van der Waals surface area contributed by atoms with Crippen molar-refractivity contribution >= 4 is 23.6 Å². The van der Waals surface area contributed by atoms with Crippen molar-refractivity contribution in [2.75, 3.05) is 5.73 Å². The summed E-state index contributed by atoms with van der Waals surface area (Å²) in [6.45, 7) is 1.91. The zero-order chi connectivity index (χ0) is 15.3. The Morgan fingerprint density at radius 3 is 2.41 bits per heavy atom. The number of amides is 1. The Balaban J connectivity index is 1.41. The summed E-state index contributed by atoms with van der Waals surface area (Å²) in [5.74, 6) is 2.90. The van der Waals surface area contributed by atoms with E-state index < -0.39 is 0 Å². The molecule has 1 heterocycles. The van der Waals surface area contributed by atoms with Gasteiger partial charge in [-0.3, -0.25) is 4.79 Å². The van der Waals surface area contributed by atoms with E-state index in [9.17, 15) is 4.79 Å². The molecule has 4 bridgehead atoms. The van der Waals surface area contributed by atoms with Gasteiger partial charge < -0.3 is 11.1 Å². The molecule has 1 amide bonds. The molecular formula is C15H23N5OS. The van der Waals surface area contributed by atoms with Crippen LogP contribution in [0.2, 0.25) is 0 Å². The van der Waals surface area contributed by atoms with E-state index in [1.54, 1.807) is 0 Å². The molecule has 4 saturated carbocycles. The topological polar surface area (TPSA) is 96.7 Å². The molecule has 4 fully saturated rings. The van der Waals surface area contributed by atoms with E-state index in [-0.39, 0.29) is 22.6 Å². The summed E-state index contributed by atoms with van der Waals surface area (Å²) in [7, 11) is 0. The van der Waals surface area contributed by atoms with Crippen LogP contribution in [-0.2, 0) is 4.79 Å². The minimum Gasteiger partial charge on any atom is -0.368 e. The SMILES string of the molecule is C[C@@H](Sc1n[nH]c(N)n1)C(=O)NC12CC3CC(CC(C3)C1)C2. The Morgan fingerprint density at radius 1 is 1.32 bits per heavy atom. The minimum absolute atomic E-state index is 0.0681. The van der Waals surface area contributed by atoms with Gasteiger partial charge in [-0.1, -0.05) is 11.8 Å². The number of nitrogens with zero attached hydrogens (tertiary/aromatic N) is 2.